The van der Waals surface area contributed by atoms with Crippen LogP contribution in [0.3, 0.4) is 0 Å². The lowest BCUT2D eigenvalue weighted by atomic mass is 9.89. The number of fused-ring (bicyclic) bond motifs is 2. The minimum absolute atomic E-state index is 0.203. The van der Waals surface area contributed by atoms with Crippen molar-refractivity contribution in [3.63, 3.8) is 0 Å². The second-order valence-corrected chi connectivity index (χ2v) is 6.49. The predicted octanol–water partition coefficient (Wildman–Crippen LogP) is 3.89. The van der Waals surface area contributed by atoms with E-state index in [1.54, 1.807) is 7.11 Å². The molecule has 2 aliphatic rings. The van der Waals surface area contributed by atoms with Gasteiger partial charge >= 0.3 is 0 Å². The maximum atomic E-state index is 6.51. The molecule has 2 aromatic carbocycles. The van der Waals surface area contributed by atoms with Gasteiger partial charge in [0.15, 0.2) is 0 Å². The van der Waals surface area contributed by atoms with Crippen molar-refractivity contribution < 1.29 is 4.74 Å². The number of methoxy groups -OCH3 is 1. The van der Waals surface area contributed by atoms with E-state index in [9.17, 15) is 0 Å². The Hall–Kier alpha value is -1.54. The molecule has 2 N–H and O–H groups in total. The summed E-state index contributed by atoms with van der Waals surface area (Å²) in [6.45, 7) is 0. The summed E-state index contributed by atoms with van der Waals surface area (Å²) in [6, 6.07) is 13.0. The average Bonchev–Trinajstić information content (AvgIpc) is 3.11. The molecule has 0 radical (unpaired) electrons. The zero-order chi connectivity index (χ0) is 13.7. The molecule has 0 bridgehead atoms. The van der Waals surface area contributed by atoms with Gasteiger partial charge in [-0.25, -0.2) is 0 Å². The fourth-order valence-electron chi connectivity index (χ4n) is 3.90. The summed E-state index contributed by atoms with van der Waals surface area (Å²) in [5.74, 6) is 3.59. The van der Waals surface area contributed by atoms with Crippen LogP contribution in [-0.2, 0) is 0 Å². The van der Waals surface area contributed by atoms with Crippen LogP contribution in [0.4, 0.5) is 0 Å². The highest BCUT2D eigenvalue weighted by atomic mass is 16.5. The first-order valence-electron chi connectivity index (χ1n) is 7.58. The van der Waals surface area contributed by atoms with Crippen LogP contribution in [0, 0.1) is 17.8 Å². The lowest BCUT2D eigenvalue weighted by molar-refractivity contribution is 0.404. The average molecular weight is 267 g/mol. The molecule has 20 heavy (non-hydrogen) atoms. The first-order valence-corrected chi connectivity index (χ1v) is 7.58. The zero-order valence-electron chi connectivity index (χ0n) is 11.9. The maximum Gasteiger partial charge on any atom is 0.119 e. The van der Waals surface area contributed by atoms with Gasteiger partial charge in [0.05, 0.1) is 7.11 Å². The van der Waals surface area contributed by atoms with Crippen molar-refractivity contribution in [1.29, 1.82) is 0 Å². The Morgan fingerprint density at radius 2 is 1.70 bits per heavy atom. The van der Waals surface area contributed by atoms with E-state index >= 15 is 0 Å². The van der Waals surface area contributed by atoms with Crippen LogP contribution in [0.5, 0.6) is 5.75 Å². The Bertz CT molecular complexity index is 641. The Morgan fingerprint density at radius 1 is 1.00 bits per heavy atom. The molecule has 104 valence electrons. The molecule has 2 aliphatic carbocycles. The molecule has 2 nitrogen and oxygen atoms in total. The van der Waals surface area contributed by atoms with E-state index < -0.39 is 0 Å². The third-order valence-electron chi connectivity index (χ3n) is 5.24. The molecule has 0 amide bonds. The minimum atomic E-state index is 0.203. The van der Waals surface area contributed by atoms with Gasteiger partial charge in [0, 0.05) is 6.04 Å². The van der Waals surface area contributed by atoms with E-state index in [4.69, 9.17) is 10.5 Å². The van der Waals surface area contributed by atoms with Gasteiger partial charge in [-0.2, -0.15) is 0 Å². The summed E-state index contributed by atoms with van der Waals surface area (Å²) < 4.78 is 5.27. The largest absolute Gasteiger partial charge is 0.497 e. The Labute approximate surface area is 119 Å². The molecule has 4 rings (SSSR count). The van der Waals surface area contributed by atoms with Crippen molar-refractivity contribution in [3.05, 3.63) is 42.0 Å². The normalized spacial score (nSPS) is 29.2. The number of benzene rings is 2. The lowest BCUT2D eigenvalue weighted by Gasteiger charge is -2.21. The van der Waals surface area contributed by atoms with Gasteiger partial charge in [-0.3, -0.25) is 0 Å². The van der Waals surface area contributed by atoms with Gasteiger partial charge in [0.25, 0.3) is 0 Å². The Balaban J connectivity index is 1.63. The molecule has 0 aliphatic heterocycles. The van der Waals surface area contributed by atoms with Crippen LogP contribution < -0.4 is 10.5 Å². The summed E-state index contributed by atoms with van der Waals surface area (Å²) in [6.07, 6.45) is 4.14. The molecule has 0 saturated heterocycles. The predicted molar refractivity (Wildman–Crippen MR) is 81.7 cm³/mol. The quantitative estimate of drug-likeness (QED) is 0.915. The standard InChI is InChI=1S/C18H21NO/c1-20-17-5-4-11-6-13(3-2-12(11)10-17)18(19)16-8-14-7-15(14)9-16/h2-6,10,14-16,18H,7-9,19H2,1H3. The van der Waals surface area contributed by atoms with Crippen LogP contribution in [0.15, 0.2) is 36.4 Å². The monoisotopic (exact) mass is 267 g/mol. The third-order valence-corrected chi connectivity index (χ3v) is 5.24. The van der Waals surface area contributed by atoms with Gasteiger partial charge < -0.3 is 10.5 Å². The molecule has 0 aromatic heterocycles. The molecule has 2 fully saturated rings. The number of nitrogens with two attached hydrogens (primary N) is 1. The van der Waals surface area contributed by atoms with Gasteiger partial charge in [-0.15, -0.1) is 0 Å². The molecular weight excluding hydrogens is 246 g/mol. The summed E-state index contributed by atoms with van der Waals surface area (Å²) in [4.78, 5) is 0. The van der Waals surface area contributed by atoms with Crippen molar-refractivity contribution in [3.8, 4) is 5.75 Å². The van der Waals surface area contributed by atoms with Gasteiger partial charge in [-0.05, 0) is 71.6 Å². The summed E-state index contributed by atoms with van der Waals surface area (Å²) >= 11 is 0. The second-order valence-electron chi connectivity index (χ2n) is 6.49. The minimum Gasteiger partial charge on any atom is -0.497 e. The van der Waals surface area contributed by atoms with Gasteiger partial charge in [-0.1, -0.05) is 18.2 Å². The first-order chi connectivity index (χ1) is 9.74. The third kappa shape index (κ3) is 1.99. The highest BCUT2D eigenvalue weighted by molar-refractivity contribution is 5.84. The number of hydrogen-bond acceptors (Lipinski definition) is 2. The molecule has 0 heterocycles. The van der Waals surface area contributed by atoms with Crippen LogP contribution in [0.2, 0.25) is 0 Å². The molecule has 3 atom stereocenters. The fourth-order valence-corrected chi connectivity index (χ4v) is 3.90. The van der Waals surface area contributed by atoms with Crippen molar-refractivity contribution >= 4 is 10.8 Å². The van der Waals surface area contributed by atoms with E-state index in [0.29, 0.717) is 5.92 Å². The first kappa shape index (κ1) is 12.2. The Kier molecular flexibility index (Phi) is 2.74. The SMILES string of the molecule is COc1ccc2cc(C(N)C3CC4CC4C3)ccc2c1. The van der Waals surface area contributed by atoms with Crippen LogP contribution in [0.1, 0.15) is 30.9 Å². The Morgan fingerprint density at radius 3 is 2.45 bits per heavy atom. The number of rotatable bonds is 3. The van der Waals surface area contributed by atoms with E-state index in [2.05, 4.69) is 30.3 Å². The van der Waals surface area contributed by atoms with Crippen molar-refractivity contribution in [2.45, 2.75) is 25.3 Å². The van der Waals surface area contributed by atoms with Crippen molar-refractivity contribution in [2.75, 3.05) is 7.11 Å². The smallest absolute Gasteiger partial charge is 0.119 e. The summed E-state index contributed by atoms with van der Waals surface area (Å²) in [5.41, 5.74) is 7.79. The second kappa shape index (κ2) is 4.49. The van der Waals surface area contributed by atoms with Crippen molar-refractivity contribution in [1.82, 2.24) is 0 Å². The molecule has 3 unspecified atom stereocenters. The molecule has 2 heteroatoms. The van der Waals surface area contributed by atoms with Crippen molar-refractivity contribution in [2.24, 2.45) is 23.5 Å². The highest BCUT2D eigenvalue weighted by Gasteiger charge is 2.47. The number of ether oxygens (including phenoxy) is 1. The topological polar surface area (TPSA) is 35.2 Å². The molecular formula is C18H21NO. The zero-order valence-corrected chi connectivity index (χ0v) is 11.9. The lowest BCUT2D eigenvalue weighted by Crippen LogP contribution is -2.20. The fraction of sp³-hybridized carbons (Fsp3) is 0.444. The highest BCUT2D eigenvalue weighted by Crippen LogP contribution is 2.56. The van der Waals surface area contributed by atoms with E-state index in [0.717, 1.165) is 17.6 Å². The van der Waals surface area contributed by atoms with Gasteiger partial charge in [0.1, 0.15) is 5.75 Å². The van der Waals surface area contributed by atoms with Gasteiger partial charge in [0.2, 0.25) is 0 Å². The molecule has 2 saturated carbocycles. The molecule has 2 aromatic rings. The van der Waals surface area contributed by atoms with Crippen LogP contribution in [-0.4, -0.2) is 7.11 Å². The maximum absolute atomic E-state index is 6.51. The summed E-state index contributed by atoms with van der Waals surface area (Å²) in [7, 11) is 1.71. The summed E-state index contributed by atoms with van der Waals surface area (Å²) in [5, 5.41) is 2.47. The van der Waals surface area contributed by atoms with E-state index in [1.165, 1.54) is 35.6 Å². The number of hydrogen-bond donors (Lipinski definition) is 1. The van der Waals surface area contributed by atoms with Crippen LogP contribution in [0.25, 0.3) is 10.8 Å². The van der Waals surface area contributed by atoms with E-state index in [1.807, 2.05) is 6.07 Å². The van der Waals surface area contributed by atoms with E-state index in [-0.39, 0.29) is 6.04 Å². The van der Waals surface area contributed by atoms with Crippen LogP contribution >= 0.6 is 0 Å². The molecule has 0 spiro atoms.